The highest BCUT2D eigenvalue weighted by Gasteiger charge is 2.31. The van der Waals surface area contributed by atoms with Crippen molar-refractivity contribution in [2.75, 3.05) is 19.7 Å². The fourth-order valence-corrected chi connectivity index (χ4v) is 2.91. The van der Waals surface area contributed by atoms with Gasteiger partial charge in [0, 0.05) is 12.6 Å². The molecule has 1 aliphatic rings. The van der Waals surface area contributed by atoms with Crippen LogP contribution in [0.15, 0.2) is 24.0 Å². The van der Waals surface area contributed by atoms with E-state index >= 15 is 0 Å². The summed E-state index contributed by atoms with van der Waals surface area (Å²) in [6.45, 7) is 14.2. The Morgan fingerprint density at radius 1 is 1.26 bits per heavy atom. The standard InChI is InChI=1S/C17H31NO/c1-6-10-15(7-2)19-14-13-18-12-9-8-11-16(18)17(3,4)5/h6-7,10,16H,8-9,11-14H2,1-5H3/b10-6-,15-7+. The first-order valence-corrected chi connectivity index (χ1v) is 7.65. The van der Waals surface area contributed by atoms with E-state index in [2.05, 4.69) is 25.7 Å². The molecule has 0 radical (unpaired) electrons. The van der Waals surface area contributed by atoms with Gasteiger partial charge in [-0.1, -0.05) is 33.3 Å². The van der Waals surface area contributed by atoms with Crippen LogP contribution in [0.1, 0.15) is 53.9 Å². The quantitative estimate of drug-likeness (QED) is 0.540. The lowest BCUT2D eigenvalue weighted by molar-refractivity contribution is 0.0443. The minimum atomic E-state index is 0.368. The lowest BCUT2D eigenvalue weighted by Crippen LogP contribution is -2.48. The molecule has 0 aromatic carbocycles. The maximum atomic E-state index is 5.83. The van der Waals surface area contributed by atoms with Gasteiger partial charge in [-0.3, -0.25) is 4.90 Å². The van der Waals surface area contributed by atoms with E-state index in [-0.39, 0.29) is 0 Å². The molecular weight excluding hydrogens is 234 g/mol. The molecule has 110 valence electrons. The van der Waals surface area contributed by atoms with Crippen molar-refractivity contribution in [2.45, 2.75) is 59.9 Å². The Kier molecular flexibility index (Phi) is 6.64. The van der Waals surface area contributed by atoms with E-state index in [0.717, 1.165) is 18.9 Å². The van der Waals surface area contributed by atoms with E-state index in [4.69, 9.17) is 4.74 Å². The van der Waals surface area contributed by atoms with Gasteiger partial charge in [-0.05, 0) is 50.8 Å². The summed E-state index contributed by atoms with van der Waals surface area (Å²) in [7, 11) is 0. The monoisotopic (exact) mass is 265 g/mol. The molecule has 2 nitrogen and oxygen atoms in total. The molecule has 1 rings (SSSR count). The Balaban J connectivity index is 2.46. The molecule has 1 atom stereocenters. The van der Waals surface area contributed by atoms with Crippen LogP contribution in [0.2, 0.25) is 0 Å². The molecule has 1 unspecified atom stereocenters. The third-order valence-corrected chi connectivity index (χ3v) is 3.88. The summed E-state index contributed by atoms with van der Waals surface area (Å²) >= 11 is 0. The van der Waals surface area contributed by atoms with E-state index in [0.29, 0.717) is 11.5 Å². The first kappa shape index (κ1) is 16.3. The molecule has 0 aliphatic carbocycles. The predicted octanol–water partition coefficient (Wildman–Crippen LogP) is 4.38. The van der Waals surface area contributed by atoms with Crippen molar-refractivity contribution in [2.24, 2.45) is 5.41 Å². The summed E-state index contributed by atoms with van der Waals surface area (Å²) in [6.07, 6.45) is 10.1. The zero-order valence-corrected chi connectivity index (χ0v) is 13.4. The minimum absolute atomic E-state index is 0.368. The van der Waals surface area contributed by atoms with Crippen LogP contribution in [0.5, 0.6) is 0 Å². The van der Waals surface area contributed by atoms with Gasteiger partial charge in [0.1, 0.15) is 12.4 Å². The highest BCUT2D eigenvalue weighted by Crippen LogP contribution is 2.31. The number of rotatable bonds is 5. The molecule has 1 heterocycles. The van der Waals surface area contributed by atoms with E-state index in [1.54, 1.807) is 0 Å². The summed E-state index contributed by atoms with van der Waals surface area (Å²) in [6, 6.07) is 0.695. The molecular formula is C17H31NO. The molecule has 1 aliphatic heterocycles. The molecule has 0 spiro atoms. The van der Waals surface area contributed by atoms with Gasteiger partial charge >= 0.3 is 0 Å². The number of piperidine rings is 1. The van der Waals surface area contributed by atoms with E-state index < -0.39 is 0 Å². The Morgan fingerprint density at radius 3 is 2.58 bits per heavy atom. The lowest BCUT2D eigenvalue weighted by atomic mass is 9.80. The van der Waals surface area contributed by atoms with Crippen molar-refractivity contribution in [1.29, 1.82) is 0 Å². The lowest BCUT2D eigenvalue weighted by Gasteiger charge is -2.43. The van der Waals surface area contributed by atoms with Gasteiger partial charge in [-0.15, -0.1) is 0 Å². The maximum Gasteiger partial charge on any atom is 0.114 e. The second-order valence-electron chi connectivity index (χ2n) is 6.45. The smallest absolute Gasteiger partial charge is 0.114 e. The molecule has 0 bridgehead atoms. The number of allylic oxidation sites excluding steroid dienone is 3. The van der Waals surface area contributed by atoms with Crippen LogP contribution < -0.4 is 0 Å². The summed E-state index contributed by atoms with van der Waals surface area (Å²) in [5, 5.41) is 0. The summed E-state index contributed by atoms with van der Waals surface area (Å²) in [5.74, 6) is 0.979. The number of ether oxygens (including phenoxy) is 1. The van der Waals surface area contributed by atoms with Crippen molar-refractivity contribution in [3.05, 3.63) is 24.0 Å². The molecule has 0 saturated carbocycles. The second-order valence-corrected chi connectivity index (χ2v) is 6.45. The summed E-state index contributed by atoms with van der Waals surface area (Å²) in [5.41, 5.74) is 0.368. The van der Waals surface area contributed by atoms with Crippen molar-refractivity contribution in [3.8, 4) is 0 Å². The molecule has 1 saturated heterocycles. The van der Waals surface area contributed by atoms with Crippen LogP contribution in [0.3, 0.4) is 0 Å². The molecule has 2 heteroatoms. The molecule has 0 amide bonds. The third kappa shape index (κ3) is 5.40. The second kappa shape index (κ2) is 7.74. The van der Waals surface area contributed by atoms with Crippen molar-refractivity contribution in [1.82, 2.24) is 4.90 Å². The van der Waals surface area contributed by atoms with E-state index in [9.17, 15) is 0 Å². The molecule has 1 fully saturated rings. The maximum absolute atomic E-state index is 5.83. The average molecular weight is 265 g/mol. The van der Waals surface area contributed by atoms with Crippen LogP contribution in [-0.2, 0) is 4.74 Å². The average Bonchev–Trinajstić information content (AvgIpc) is 2.37. The topological polar surface area (TPSA) is 12.5 Å². The minimum Gasteiger partial charge on any atom is -0.493 e. The van der Waals surface area contributed by atoms with Crippen molar-refractivity contribution in [3.63, 3.8) is 0 Å². The number of likely N-dealkylation sites (tertiary alicyclic amines) is 1. The van der Waals surface area contributed by atoms with Gasteiger partial charge in [0.15, 0.2) is 0 Å². The van der Waals surface area contributed by atoms with Gasteiger partial charge in [-0.2, -0.15) is 0 Å². The predicted molar refractivity (Wildman–Crippen MR) is 83.2 cm³/mol. The third-order valence-electron chi connectivity index (χ3n) is 3.88. The van der Waals surface area contributed by atoms with Crippen molar-refractivity contribution < 1.29 is 4.74 Å². The van der Waals surface area contributed by atoms with Gasteiger partial charge < -0.3 is 4.74 Å². The van der Waals surface area contributed by atoms with E-state index in [1.165, 1.54) is 25.8 Å². The number of hydrogen-bond donors (Lipinski definition) is 0. The van der Waals surface area contributed by atoms with Crippen molar-refractivity contribution >= 4 is 0 Å². The normalized spacial score (nSPS) is 23.0. The van der Waals surface area contributed by atoms with Gasteiger partial charge in [-0.25, -0.2) is 0 Å². The Bertz CT molecular complexity index is 312. The number of hydrogen-bond acceptors (Lipinski definition) is 2. The van der Waals surface area contributed by atoms with Crippen LogP contribution in [-0.4, -0.2) is 30.6 Å². The highest BCUT2D eigenvalue weighted by molar-refractivity contribution is 5.09. The summed E-state index contributed by atoms with van der Waals surface area (Å²) in [4.78, 5) is 2.62. The molecule has 0 aromatic heterocycles. The molecule has 19 heavy (non-hydrogen) atoms. The molecule has 0 aromatic rings. The van der Waals surface area contributed by atoms with Crippen LogP contribution in [0.25, 0.3) is 0 Å². The van der Waals surface area contributed by atoms with Crippen LogP contribution in [0, 0.1) is 5.41 Å². The Labute approximate surface area is 119 Å². The van der Waals surface area contributed by atoms with Gasteiger partial charge in [0.25, 0.3) is 0 Å². The fraction of sp³-hybridized carbons (Fsp3) is 0.765. The first-order valence-electron chi connectivity index (χ1n) is 7.65. The number of nitrogens with zero attached hydrogens (tertiary/aromatic N) is 1. The van der Waals surface area contributed by atoms with Gasteiger partial charge in [0.2, 0.25) is 0 Å². The van der Waals surface area contributed by atoms with Crippen LogP contribution >= 0.6 is 0 Å². The molecule has 0 N–H and O–H groups in total. The first-order chi connectivity index (χ1) is 8.99. The SMILES string of the molecule is C/C=C\C(=C/C)OCCN1CCCCC1C(C)(C)C. The fourth-order valence-electron chi connectivity index (χ4n) is 2.91. The van der Waals surface area contributed by atoms with E-state index in [1.807, 2.05) is 32.1 Å². The Morgan fingerprint density at radius 2 is 2.00 bits per heavy atom. The van der Waals surface area contributed by atoms with Crippen LogP contribution in [0.4, 0.5) is 0 Å². The zero-order chi connectivity index (χ0) is 14.3. The Hall–Kier alpha value is -0.760. The highest BCUT2D eigenvalue weighted by atomic mass is 16.5. The largest absolute Gasteiger partial charge is 0.493 e. The summed E-state index contributed by atoms with van der Waals surface area (Å²) < 4.78 is 5.83. The van der Waals surface area contributed by atoms with Gasteiger partial charge in [0.05, 0.1) is 0 Å². The zero-order valence-electron chi connectivity index (χ0n) is 13.4.